The monoisotopic (exact) mass is 460 g/mol. The van der Waals surface area contributed by atoms with Crippen LogP contribution in [0.1, 0.15) is 37.0 Å². The summed E-state index contributed by atoms with van der Waals surface area (Å²) < 4.78 is 36.9. The van der Waals surface area contributed by atoms with E-state index in [4.69, 9.17) is 9.88 Å². The molecule has 2 aliphatic rings. The van der Waals surface area contributed by atoms with Crippen LogP contribution in [0.25, 0.3) is 11.1 Å². The normalized spacial score (nSPS) is 18.2. The third kappa shape index (κ3) is 4.42. The smallest absolute Gasteiger partial charge is 0.259 e. The lowest BCUT2D eigenvalue weighted by atomic mass is 9.91. The van der Waals surface area contributed by atoms with Gasteiger partial charge >= 0.3 is 0 Å². The fourth-order valence-corrected chi connectivity index (χ4v) is 5.82. The third-order valence-electron chi connectivity index (χ3n) is 6.38. The van der Waals surface area contributed by atoms with Crippen molar-refractivity contribution in [2.75, 3.05) is 20.2 Å². The maximum atomic E-state index is 14.8. The summed E-state index contributed by atoms with van der Waals surface area (Å²) in [4.78, 5) is 19.2. The molecular formula is C23H29FN4O3S. The Balaban J connectivity index is 1.68. The van der Waals surface area contributed by atoms with Gasteiger partial charge < -0.3 is 4.74 Å². The second-order valence-corrected chi connectivity index (χ2v) is 10.8. The van der Waals surface area contributed by atoms with Crippen molar-refractivity contribution in [2.24, 2.45) is 9.50 Å². The molecule has 1 aliphatic carbocycles. The number of nitrogens with zero attached hydrogens (tertiary/aromatic N) is 3. The summed E-state index contributed by atoms with van der Waals surface area (Å²) in [5, 5.41) is 5.67. The number of carbonyl (C=O) groups is 1. The molecule has 1 aliphatic heterocycles. The molecule has 0 spiro atoms. The Labute approximate surface area is 188 Å². The van der Waals surface area contributed by atoms with Crippen molar-refractivity contribution in [1.29, 1.82) is 0 Å². The van der Waals surface area contributed by atoms with Crippen LogP contribution in [0.2, 0.25) is 0 Å². The molecule has 0 bridgehead atoms. The average molecular weight is 461 g/mol. The zero-order chi connectivity index (χ0) is 23.0. The van der Waals surface area contributed by atoms with E-state index >= 15 is 0 Å². The average Bonchev–Trinajstić information content (AvgIpc) is 3.18. The van der Waals surface area contributed by atoms with Gasteiger partial charge in [-0.25, -0.2) is 18.7 Å². The molecule has 172 valence electrons. The van der Waals surface area contributed by atoms with Crippen molar-refractivity contribution in [3.05, 3.63) is 46.9 Å². The minimum absolute atomic E-state index is 0.0720. The number of halogens is 1. The van der Waals surface area contributed by atoms with Crippen molar-refractivity contribution < 1.29 is 18.1 Å². The van der Waals surface area contributed by atoms with Crippen LogP contribution >= 0.6 is 0 Å². The Morgan fingerprint density at radius 2 is 2.06 bits per heavy atom. The van der Waals surface area contributed by atoms with Crippen LogP contribution in [0.3, 0.4) is 0 Å². The van der Waals surface area contributed by atoms with Gasteiger partial charge in [-0.3, -0.25) is 9.69 Å². The summed E-state index contributed by atoms with van der Waals surface area (Å²) in [5.74, 6) is -0.416. The number of carbonyl (C=O) groups excluding carboxylic acids is 1. The van der Waals surface area contributed by atoms with Crippen molar-refractivity contribution in [2.45, 2.75) is 50.8 Å². The van der Waals surface area contributed by atoms with Crippen LogP contribution in [-0.2, 0) is 34.0 Å². The molecule has 0 saturated carbocycles. The highest BCUT2D eigenvalue weighted by molar-refractivity contribution is 7.92. The Morgan fingerprint density at radius 1 is 1.34 bits per heavy atom. The first kappa shape index (κ1) is 22.8. The highest BCUT2D eigenvalue weighted by atomic mass is 32.2. The first-order valence-corrected chi connectivity index (χ1v) is 12.5. The van der Waals surface area contributed by atoms with Gasteiger partial charge in [0.2, 0.25) is 5.88 Å². The van der Waals surface area contributed by atoms with Crippen LogP contribution in [0, 0.1) is 5.82 Å². The molecule has 1 unspecified atom stereocenters. The summed E-state index contributed by atoms with van der Waals surface area (Å²) in [6.45, 7) is 5.25. The van der Waals surface area contributed by atoms with E-state index in [-0.39, 0.29) is 17.5 Å². The van der Waals surface area contributed by atoms with Crippen LogP contribution in [0.5, 0.6) is 5.88 Å². The quantitative estimate of drug-likeness (QED) is 0.715. The molecule has 2 heterocycles. The van der Waals surface area contributed by atoms with E-state index in [1.807, 2.05) is 0 Å². The number of nitrogens with two attached hydrogens (primary N) is 1. The number of hydrogen-bond donors (Lipinski definition) is 1. The number of ether oxygens (including phenoxy) is 1. The summed E-state index contributed by atoms with van der Waals surface area (Å²) >= 11 is 0. The molecule has 32 heavy (non-hydrogen) atoms. The van der Waals surface area contributed by atoms with E-state index in [0.717, 1.165) is 12.0 Å². The standard InChI is InChI=1S/C23H29FN4O3S/c1-14(2)28-12-16(13-28)32(25,30)27-22(29)11-20-17-5-4-6-18(17)21(24)10-19(20)15-7-8-26-23(9-15)31-3/h7-10,14,16H,4-6,11-13H2,1-3H3,(H2,25,27,29,30). The number of likely N-dealkylation sites (tertiary alicyclic amines) is 1. The second kappa shape index (κ2) is 8.88. The molecule has 2 aromatic rings. The van der Waals surface area contributed by atoms with E-state index < -0.39 is 15.8 Å². The second-order valence-electron chi connectivity index (χ2n) is 8.73. The van der Waals surface area contributed by atoms with Crippen molar-refractivity contribution in [3.63, 3.8) is 0 Å². The lowest BCUT2D eigenvalue weighted by molar-refractivity contribution is -0.117. The maximum absolute atomic E-state index is 14.8. The minimum atomic E-state index is -3.14. The van der Waals surface area contributed by atoms with Crippen LogP contribution in [0.15, 0.2) is 28.8 Å². The van der Waals surface area contributed by atoms with Gasteiger partial charge in [0.15, 0.2) is 0 Å². The number of fused-ring (bicyclic) bond motifs is 1. The molecule has 4 rings (SSSR count). The molecule has 1 atom stereocenters. The van der Waals surface area contributed by atoms with Crippen molar-refractivity contribution >= 4 is 15.8 Å². The molecule has 0 radical (unpaired) electrons. The molecule has 7 nitrogen and oxygen atoms in total. The van der Waals surface area contributed by atoms with Crippen molar-refractivity contribution in [3.8, 4) is 17.0 Å². The summed E-state index contributed by atoms with van der Waals surface area (Å²) in [6, 6.07) is 5.26. The number of pyridine rings is 1. The summed E-state index contributed by atoms with van der Waals surface area (Å²) in [6.07, 6.45) is 3.67. The first-order chi connectivity index (χ1) is 15.2. The van der Waals surface area contributed by atoms with Crippen LogP contribution in [-0.4, -0.2) is 51.5 Å². The largest absolute Gasteiger partial charge is 0.481 e. The van der Waals surface area contributed by atoms with Gasteiger partial charge in [-0.15, -0.1) is 4.36 Å². The van der Waals surface area contributed by atoms with E-state index in [1.165, 1.54) is 13.2 Å². The van der Waals surface area contributed by atoms with Gasteiger partial charge in [0.25, 0.3) is 5.91 Å². The fourth-order valence-electron chi connectivity index (χ4n) is 4.47. The van der Waals surface area contributed by atoms with Crippen LogP contribution < -0.4 is 9.88 Å². The molecule has 9 heteroatoms. The number of methoxy groups -OCH3 is 1. The van der Waals surface area contributed by atoms with Gasteiger partial charge in [-0.1, -0.05) is 0 Å². The fraction of sp³-hybridized carbons (Fsp3) is 0.478. The SMILES string of the molecule is COc1cc(-c2cc(F)c3c(c2CC(=O)N=S(N)(=O)C2CN(C(C)C)C2)CCC3)ccn1. The Bertz CT molecular complexity index is 1170. The Kier molecular flexibility index (Phi) is 6.33. The highest BCUT2D eigenvalue weighted by Gasteiger charge is 2.35. The molecule has 1 saturated heterocycles. The maximum Gasteiger partial charge on any atom is 0.259 e. The van der Waals surface area contributed by atoms with Gasteiger partial charge in [0.05, 0.1) is 18.8 Å². The predicted molar refractivity (Wildman–Crippen MR) is 122 cm³/mol. The molecule has 1 aromatic heterocycles. The van der Waals surface area contributed by atoms with Crippen LogP contribution in [0.4, 0.5) is 4.39 Å². The Morgan fingerprint density at radius 3 is 2.75 bits per heavy atom. The first-order valence-electron chi connectivity index (χ1n) is 10.8. The predicted octanol–water partition coefficient (Wildman–Crippen LogP) is 2.89. The lowest BCUT2D eigenvalue weighted by Crippen LogP contribution is -2.58. The zero-order valence-electron chi connectivity index (χ0n) is 18.6. The van der Waals surface area contributed by atoms with E-state index in [0.29, 0.717) is 60.1 Å². The van der Waals surface area contributed by atoms with Gasteiger partial charge in [-0.2, -0.15) is 0 Å². The minimum Gasteiger partial charge on any atom is -0.481 e. The molecule has 1 fully saturated rings. The Hall–Kier alpha value is -2.36. The summed E-state index contributed by atoms with van der Waals surface area (Å²) in [7, 11) is -1.63. The van der Waals surface area contributed by atoms with E-state index in [9.17, 15) is 13.4 Å². The van der Waals surface area contributed by atoms with E-state index in [2.05, 4.69) is 28.1 Å². The highest BCUT2D eigenvalue weighted by Crippen LogP contribution is 2.36. The van der Waals surface area contributed by atoms with E-state index in [1.54, 1.807) is 18.3 Å². The van der Waals surface area contributed by atoms with Gasteiger partial charge in [0.1, 0.15) is 15.7 Å². The van der Waals surface area contributed by atoms with Gasteiger partial charge in [0, 0.05) is 31.4 Å². The number of hydrogen-bond acceptors (Lipinski definition) is 5. The summed E-state index contributed by atoms with van der Waals surface area (Å²) in [5.41, 5.74) is 3.52. The number of benzene rings is 1. The lowest BCUT2D eigenvalue weighted by Gasteiger charge is -2.41. The zero-order valence-corrected chi connectivity index (χ0v) is 19.5. The van der Waals surface area contributed by atoms with Crippen molar-refractivity contribution in [1.82, 2.24) is 9.88 Å². The van der Waals surface area contributed by atoms with Gasteiger partial charge in [-0.05, 0) is 73.1 Å². The molecule has 2 N–H and O–H groups in total. The third-order valence-corrected chi connectivity index (χ3v) is 8.12. The number of aromatic nitrogens is 1. The molecule has 1 aromatic carbocycles. The topological polar surface area (TPSA) is 97.9 Å². The number of amides is 1. The molecular weight excluding hydrogens is 431 g/mol. The molecule has 1 amide bonds. The number of rotatable bonds is 6.